The number of esters is 1. The van der Waals surface area contributed by atoms with Crippen molar-refractivity contribution in [1.29, 1.82) is 0 Å². The zero-order valence-electron chi connectivity index (χ0n) is 11.8. The van der Waals surface area contributed by atoms with Gasteiger partial charge in [0.1, 0.15) is 0 Å². The van der Waals surface area contributed by atoms with Crippen LogP contribution in [0.15, 0.2) is 41.2 Å². The van der Waals surface area contributed by atoms with Crippen molar-refractivity contribution in [3.63, 3.8) is 0 Å². The number of hydrogen-bond donors (Lipinski definition) is 4. The maximum atomic E-state index is 11.6. The summed E-state index contributed by atoms with van der Waals surface area (Å²) in [5.41, 5.74) is 9.26. The third kappa shape index (κ3) is 2.51. The maximum absolute atomic E-state index is 11.6. The molecule has 5 N–H and O–H groups in total. The summed E-state index contributed by atoms with van der Waals surface area (Å²) in [7, 11) is 1.32. The molecular weight excluding hydrogens is 284 g/mol. The standard InChI is InChI=1S/C15H14N4O3/c1-22-14(20)8-2-4-10(16)12(6-8)17-9-3-5-11-13(7-9)19-15(21)18-11/h2-7,17H,16H2,1H3,(H2,18,19,21). The molecule has 3 aromatic rings. The third-order valence-electron chi connectivity index (χ3n) is 3.27. The van der Waals surface area contributed by atoms with Crippen molar-refractivity contribution in [2.45, 2.75) is 0 Å². The number of carbonyl (C=O) groups is 1. The zero-order valence-corrected chi connectivity index (χ0v) is 11.8. The van der Waals surface area contributed by atoms with Crippen molar-refractivity contribution >= 4 is 34.1 Å². The Kier molecular flexibility index (Phi) is 3.30. The van der Waals surface area contributed by atoms with E-state index < -0.39 is 5.97 Å². The van der Waals surface area contributed by atoms with E-state index in [0.717, 1.165) is 5.69 Å². The first kappa shape index (κ1) is 13.7. The van der Waals surface area contributed by atoms with Crippen LogP contribution < -0.4 is 16.7 Å². The molecule has 0 saturated carbocycles. The number of nitrogens with one attached hydrogen (secondary N) is 3. The smallest absolute Gasteiger partial charge is 0.337 e. The van der Waals surface area contributed by atoms with Gasteiger partial charge < -0.3 is 25.8 Å². The molecular formula is C15H14N4O3. The van der Waals surface area contributed by atoms with Crippen LogP contribution in [0.4, 0.5) is 17.1 Å². The van der Waals surface area contributed by atoms with E-state index in [2.05, 4.69) is 15.3 Å². The highest BCUT2D eigenvalue weighted by Gasteiger charge is 2.09. The second kappa shape index (κ2) is 5.28. The average Bonchev–Trinajstić information content (AvgIpc) is 2.88. The van der Waals surface area contributed by atoms with Gasteiger partial charge in [-0.2, -0.15) is 0 Å². The summed E-state index contributed by atoms with van der Waals surface area (Å²) in [6.07, 6.45) is 0. The highest BCUT2D eigenvalue weighted by Crippen LogP contribution is 2.26. The molecule has 0 atom stereocenters. The van der Waals surface area contributed by atoms with Crippen LogP contribution in [0.3, 0.4) is 0 Å². The number of imidazole rings is 1. The van der Waals surface area contributed by atoms with E-state index in [0.29, 0.717) is 28.0 Å². The average molecular weight is 298 g/mol. The second-order valence-electron chi connectivity index (χ2n) is 4.76. The molecule has 0 spiro atoms. The number of hydrogen-bond acceptors (Lipinski definition) is 5. The molecule has 0 amide bonds. The quantitative estimate of drug-likeness (QED) is 0.436. The highest BCUT2D eigenvalue weighted by atomic mass is 16.5. The van der Waals surface area contributed by atoms with Gasteiger partial charge in [0.25, 0.3) is 0 Å². The van der Waals surface area contributed by atoms with Crippen LogP contribution >= 0.6 is 0 Å². The summed E-state index contributed by atoms with van der Waals surface area (Å²) in [4.78, 5) is 28.2. The monoisotopic (exact) mass is 298 g/mol. The Labute approximate surface area is 125 Å². The number of nitrogen functional groups attached to an aromatic ring is 1. The molecule has 7 heteroatoms. The summed E-state index contributed by atoms with van der Waals surface area (Å²) in [5.74, 6) is -0.437. The predicted molar refractivity (Wildman–Crippen MR) is 84.4 cm³/mol. The molecule has 7 nitrogen and oxygen atoms in total. The summed E-state index contributed by atoms with van der Waals surface area (Å²) in [6.45, 7) is 0. The van der Waals surface area contributed by atoms with Gasteiger partial charge in [-0.3, -0.25) is 0 Å². The van der Waals surface area contributed by atoms with Gasteiger partial charge in [0, 0.05) is 5.69 Å². The zero-order chi connectivity index (χ0) is 15.7. The lowest BCUT2D eigenvalue weighted by molar-refractivity contribution is 0.0601. The Bertz CT molecular complexity index is 911. The minimum atomic E-state index is -0.437. The lowest BCUT2D eigenvalue weighted by Gasteiger charge is -2.11. The molecule has 0 bridgehead atoms. The number of nitrogens with two attached hydrogens (primary N) is 1. The number of aromatic nitrogens is 2. The third-order valence-corrected chi connectivity index (χ3v) is 3.27. The first-order chi connectivity index (χ1) is 10.6. The van der Waals surface area contributed by atoms with Gasteiger partial charge in [-0.25, -0.2) is 9.59 Å². The summed E-state index contributed by atoms with van der Waals surface area (Å²) >= 11 is 0. The van der Waals surface area contributed by atoms with Gasteiger partial charge in [0.15, 0.2) is 0 Å². The van der Waals surface area contributed by atoms with Gasteiger partial charge in [-0.05, 0) is 36.4 Å². The molecule has 0 aliphatic carbocycles. The van der Waals surface area contributed by atoms with Crippen LogP contribution in [0.1, 0.15) is 10.4 Å². The molecule has 3 rings (SSSR count). The summed E-state index contributed by atoms with van der Waals surface area (Å²) < 4.78 is 4.69. The van der Waals surface area contributed by atoms with E-state index >= 15 is 0 Å². The van der Waals surface area contributed by atoms with E-state index in [1.54, 1.807) is 36.4 Å². The minimum Gasteiger partial charge on any atom is -0.465 e. The molecule has 112 valence electrons. The van der Waals surface area contributed by atoms with Crippen LogP contribution in [0, 0.1) is 0 Å². The molecule has 0 radical (unpaired) electrons. The van der Waals surface area contributed by atoms with Gasteiger partial charge in [-0.15, -0.1) is 0 Å². The predicted octanol–water partition coefficient (Wildman–Crippen LogP) is 1.97. The molecule has 0 saturated heterocycles. The highest BCUT2D eigenvalue weighted by molar-refractivity contribution is 5.92. The van der Waals surface area contributed by atoms with Crippen molar-refractivity contribution in [3.05, 3.63) is 52.4 Å². The van der Waals surface area contributed by atoms with E-state index in [1.165, 1.54) is 7.11 Å². The van der Waals surface area contributed by atoms with Crippen molar-refractivity contribution in [2.24, 2.45) is 0 Å². The van der Waals surface area contributed by atoms with Crippen LogP contribution in [0.5, 0.6) is 0 Å². The van der Waals surface area contributed by atoms with E-state index in [-0.39, 0.29) is 5.69 Å². The number of aromatic amines is 2. The minimum absolute atomic E-state index is 0.264. The molecule has 0 aliphatic heterocycles. The number of fused-ring (bicyclic) bond motifs is 1. The molecule has 1 heterocycles. The van der Waals surface area contributed by atoms with Crippen molar-refractivity contribution < 1.29 is 9.53 Å². The molecule has 22 heavy (non-hydrogen) atoms. The molecule has 2 aromatic carbocycles. The normalized spacial score (nSPS) is 10.6. The SMILES string of the molecule is COC(=O)c1ccc(N)c(Nc2ccc3[nH]c(=O)[nH]c3c2)c1. The molecule has 1 aromatic heterocycles. The first-order valence-electron chi connectivity index (χ1n) is 6.54. The van der Waals surface area contributed by atoms with E-state index in [9.17, 15) is 9.59 Å². The molecule has 0 aliphatic rings. The van der Waals surface area contributed by atoms with Gasteiger partial charge in [-0.1, -0.05) is 0 Å². The van der Waals surface area contributed by atoms with Crippen molar-refractivity contribution in [2.75, 3.05) is 18.2 Å². The Hall–Kier alpha value is -3.22. The lowest BCUT2D eigenvalue weighted by atomic mass is 10.1. The Morgan fingerprint density at radius 1 is 1.14 bits per heavy atom. The number of benzene rings is 2. The van der Waals surface area contributed by atoms with E-state index in [1.807, 2.05) is 0 Å². The Morgan fingerprint density at radius 3 is 2.68 bits per heavy atom. The molecule has 0 unspecified atom stereocenters. The van der Waals surface area contributed by atoms with Crippen LogP contribution in [0.25, 0.3) is 11.0 Å². The number of ether oxygens (including phenoxy) is 1. The van der Waals surface area contributed by atoms with Crippen molar-refractivity contribution in [3.8, 4) is 0 Å². The number of H-pyrrole nitrogens is 2. The van der Waals surface area contributed by atoms with Crippen LogP contribution in [-0.4, -0.2) is 23.0 Å². The summed E-state index contributed by atoms with van der Waals surface area (Å²) in [5, 5.41) is 3.12. The van der Waals surface area contributed by atoms with Crippen LogP contribution in [0.2, 0.25) is 0 Å². The number of methoxy groups -OCH3 is 1. The number of anilines is 3. The van der Waals surface area contributed by atoms with Crippen molar-refractivity contribution in [1.82, 2.24) is 9.97 Å². The fraction of sp³-hybridized carbons (Fsp3) is 0.0667. The van der Waals surface area contributed by atoms with Gasteiger partial charge in [0.2, 0.25) is 0 Å². The fourth-order valence-corrected chi connectivity index (χ4v) is 2.18. The van der Waals surface area contributed by atoms with Gasteiger partial charge >= 0.3 is 11.7 Å². The molecule has 0 fully saturated rings. The maximum Gasteiger partial charge on any atom is 0.337 e. The van der Waals surface area contributed by atoms with E-state index in [4.69, 9.17) is 10.5 Å². The van der Waals surface area contributed by atoms with Gasteiger partial charge in [0.05, 0.1) is 35.1 Å². The first-order valence-corrected chi connectivity index (χ1v) is 6.54. The topological polar surface area (TPSA) is 113 Å². The number of carbonyl (C=O) groups excluding carboxylic acids is 1. The Balaban J connectivity index is 1.96. The lowest BCUT2D eigenvalue weighted by Crippen LogP contribution is -2.04. The number of rotatable bonds is 3. The van der Waals surface area contributed by atoms with Crippen LogP contribution in [-0.2, 0) is 4.74 Å². The largest absolute Gasteiger partial charge is 0.465 e. The fourth-order valence-electron chi connectivity index (χ4n) is 2.18. The summed E-state index contributed by atoms with van der Waals surface area (Å²) in [6, 6.07) is 10.2. The second-order valence-corrected chi connectivity index (χ2v) is 4.76. The Morgan fingerprint density at radius 2 is 1.91 bits per heavy atom.